The van der Waals surface area contributed by atoms with Gasteiger partial charge in [-0.15, -0.1) is 0 Å². The third-order valence-corrected chi connectivity index (χ3v) is 3.28. The van der Waals surface area contributed by atoms with Crippen molar-refractivity contribution >= 4 is 24.6 Å². The van der Waals surface area contributed by atoms with Crippen LogP contribution >= 0.6 is 6.72 Å². The molecule has 1 amide bonds. The van der Waals surface area contributed by atoms with Crippen molar-refractivity contribution in [1.29, 1.82) is 0 Å². The lowest BCUT2D eigenvalue weighted by atomic mass is 10.5. The van der Waals surface area contributed by atoms with Gasteiger partial charge in [-0.3, -0.25) is 4.84 Å². The third kappa shape index (κ3) is 19.8. The number of rotatable bonds is 7. The Morgan fingerprint density at radius 3 is 1.59 bits per heavy atom. The Labute approximate surface area is 138 Å². The lowest BCUT2D eigenvalue weighted by Crippen LogP contribution is -2.29. The van der Waals surface area contributed by atoms with Crippen LogP contribution in [0.1, 0.15) is 55.4 Å². The highest BCUT2D eigenvalue weighted by atomic mass is 32.5. The molecule has 7 nitrogen and oxygen atoms in total. The highest BCUT2D eigenvalue weighted by molar-refractivity contribution is 8.06. The average Bonchev–Trinajstić information content (AvgIpc) is 2.22. The summed E-state index contributed by atoms with van der Waals surface area (Å²) >= 11 is 4.61. The van der Waals surface area contributed by atoms with E-state index in [1.54, 1.807) is 41.5 Å². The molecule has 0 aromatic heterocycles. The first kappa shape index (κ1) is 24.0. The van der Waals surface area contributed by atoms with Crippen molar-refractivity contribution in [1.82, 2.24) is 5.48 Å². The van der Waals surface area contributed by atoms with Crippen molar-refractivity contribution in [3.05, 3.63) is 0 Å². The summed E-state index contributed by atoms with van der Waals surface area (Å²) in [5, 5.41) is 0. The molecule has 0 saturated carbocycles. The van der Waals surface area contributed by atoms with Gasteiger partial charge in [0.25, 0.3) is 0 Å². The van der Waals surface area contributed by atoms with Crippen molar-refractivity contribution in [3.63, 3.8) is 0 Å². The van der Waals surface area contributed by atoms with E-state index in [1.807, 2.05) is 13.8 Å². The van der Waals surface area contributed by atoms with Gasteiger partial charge in [0.05, 0.1) is 24.4 Å². The Hall–Kier alpha value is -0.240. The van der Waals surface area contributed by atoms with Gasteiger partial charge in [0.1, 0.15) is 6.72 Å². The average molecular weight is 358 g/mol. The van der Waals surface area contributed by atoms with Crippen molar-refractivity contribution in [2.24, 2.45) is 0 Å². The molecule has 0 atom stereocenters. The van der Waals surface area contributed by atoms with E-state index in [4.69, 9.17) is 18.6 Å². The van der Waals surface area contributed by atoms with E-state index in [9.17, 15) is 9.69 Å². The van der Waals surface area contributed by atoms with Gasteiger partial charge in [0.2, 0.25) is 0 Å². The first-order valence-electron chi connectivity index (χ1n) is 7.15. The van der Waals surface area contributed by atoms with E-state index >= 15 is 0 Å². The number of carbonyl (C=O) groups excluding carboxylic acids is 1. The molecular formula is C13H29NO6PS-. The van der Waals surface area contributed by atoms with Crippen LogP contribution in [0.15, 0.2) is 0 Å². The van der Waals surface area contributed by atoms with Gasteiger partial charge in [0, 0.05) is 0 Å². The smallest absolute Gasteiger partial charge is 0.431 e. The molecule has 0 aliphatic rings. The molecule has 22 heavy (non-hydrogen) atoms. The molecule has 0 heterocycles. The Kier molecular flexibility index (Phi) is 13.3. The maximum absolute atomic E-state index is 11.2. The molecule has 0 saturated heterocycles. The first-order chi connectivity index (χ1) is 9.85. The molecule has 1 N–H and O–H groups in total. The van der Waals surface area contributed by atoms with E-state index in [2.05, 4.69) is 17.3 Å². The summed E-state index contributed by atoms with van der Waals surface area (Å²) in [6.07, 6.45) is -1.01. The predicted octanol–water partition coefficient (Wildman–Crippen LogP) is 2.88. The van der Waals surface area contributed by atoms with Crippen LogP contribution in [0.3, 0.4) is 0 Å². The van der Waals surface area contributed by atoms with Gasteiger partial charge in [0.15, 0.2) is 0 Å². The molecule has 0 bridgehead atoms. The van der Waals surface area contributed by atoms with E-state index in [-0.39, 0.29) is 24.4 Å². The Morgan fingerprint density at radius 1 is 0.909 bits per heavy atom. The van der Waals surface area contributed by atoms with Crippen LogP contribution in [0.2, 0.25) is 0 Å². The fourth-order valence-corrected chi connectivity index (χ4v) is 3.06. The summed E-state index contributed by atoms with van der Waals surface area (Å²) in [6.45, 7) is 11.0. The molecule has 0 aromatic carbocycles. The molecule has 134 valence electrons. The molecule has 0 spiro atoms. The van der Waals surface area contributed by atoms with Gasteiger partial charge in [-0.05, 0) is 55.4 Å². The summed E-state index contributed by atoms with van der Waals surface area (Å²) in [6, 6.07) is 0. The van der Waals surface area contributed by atoms with Crippen molar-refractivity contribution in [3.8, 4) is 0 Å². The lowest BCUT2D eigenvalue weighted by Gasteiger charge is -2.30. The van der Waals surface area contributed by atoms with E-state index < -0.39 is 12.8 Å². The maximum Gasteiger partial charge on any atom is 0.431 e. The Balaban J connectivity index is 0. The van der Waals surface area contributed by atoms with Gasteiger partial charge in [-0.2, -0.15) is 5.48 Å². The molecule has 0 rings (SSSR count). The summed E-state index contributed by atoms with van der Waals surface area (Å²) in [7, 11) is 0. The third-order valence-electron chi connectivity index (χ3n) is 1.40. The SMILES string of the molecule is CC(C)ONC(=O)OC(C)C.CC(C)OP([O-])(=S)OC(C)C. The zero-order valence-electron chi connectivity index (χ0n) is 14.6. The zero-order chi connectivity index (χ0) is 17.9. The number of amides is 1. The molecule has 0 aromatic rings. The van der Waals surface area contributed by atoms with Crippen LogP contribution in [0.5, 0.6) is 0 Å². The molecule has 9 heteroatoms. The van der Waals surface area contributed by atoms with Crippen molar-refractivity contribution in [2.75, 3.05) is 0 Å². The molecule has 0 aliphatic heterocycles. The van der Waals surface area contributed by atoms with Crippen molar-refractivity contribution < 1.29 is 28.3 Å². The second kappa shape index (κ2) is 12.2. The predicted molar refractivity (Wildman–Crippen MR) is 87.7 cm³/mol. The summed E-state index contributed by atoms with van der Waals surface area (Å²) in [5.41, 5.74) is 2.15. The number of hydroxylamine groups is 1. The number of carbonyl (C=O) groups is 1. The monoisotopic (exact) mass is 358 g/mol. The standard InChI is InChI=1S/C7H15NO3.C6H15O3PS/c1-5(2)10-7(9)8-11-6(3)4;1-5(2)8-10(7,11)9-6(3)4/h5-6H,1-4H3,(H,8,9);5-6H,1-4H3,(H,7,11)/p-1. The van der Waals surface area contributed by atoms with Crippen LogP contribution in [0.4, 0.5) is 4.79 Å². The van der Waals surface area contributed by atoms with Crippen LogP contribution in [-0.4, -0.2) is 30.5 Å². The molecule has 0 aliphatic carbocycles. The molecule has 0 unspecified atom stereocenters. The number of ether oxygens (including phenoxy) is 1. The number of hydrogen-bond donors (Lipinski definition) is 1. The number of hydrogen-bond acceptors (Lipinski definition) is 7. The minimum atomic E-state index is -3.22. The van der Waals surface area contributed by atoms with Crippen LogP contribution in [0, 0.1) is 0 Å². The summed E-state index contributed by atoms with van der Waals surface area (Å²) < 4.78 is 14.5. The molecular weight excluding hydrogens is 329 g/mol. The quantitative estimate of drug-likeness (QED) is 0.553. The highest BCUT2D eigenvalue weighted by Gasteiger charge is 2.08. The number of nitrogens with one attached hydrogen (secondary N) is 1. The van der Waals surface area contributed by atoms with Gasteiger partial charge in [-0.1, -0.05) is 11.8 Å². The fraction of sp³-hybridized carbons (Fsp3) is 0.923. The summed E-state index contributed by atoms with van der Waals surface area (Å²) in [4.78, 5) is 26.7. The molecule has 0 radical (unpaired) electrons. The second-order valence-electron chi connectivity index (χ2n) is 5.48. The lowest BCUT2D eigenvalue weighted by molar-refractivity contribution is -0.212. The van der Waals surface area contributed by atoms with Crippen LogP contribution in [0.25, 0.3) is 0 Å². The minimum absolute atomic E-state index is 0.0327. The Bertz CT molecular complexity index is 335. The molecule has 0 fully saturated rings. The summed E-state index contributed by atoms with van der Waals surface area (Å²) in [5.74, 6) is 0. The van der Waals surface area contributed by atoms with Gasteiger partial charge < -0.3 is 18.7 Å². The van der Waals surface area contributed by atoms with E-state index in [1.165, 1.54) is 0 Å². The van der Waals surface area contributed by atoms with E-state index in [0.29, 0.717) is 0 Å². The second-order valence-corrected chi connectivity index (χ2v) is 8.14. The fourth-order valence-electron chi connectivity index (χ4n) is 0.945. The minimum Gasteiger partial charge on any atom is -0.780 e. The highest BCUT2D eigenvalue weighted by Crippen LogP contribution is 2.41. The van der Waals surface area contributed by atoms with Crippen LogP contribution < -0.4 is 10.4 Å². The van der Waals surface area contributed by atoms with E-state index in [0.717, 1.165) is 0 Å². The maximum atomic E-state index is 11.2. The van der Waals surface area contributed by atoms with Gasteiger partial charge >= 0.3 is 6.09 Å². The van der Waals surface area contributed by atoms with Gasteiger partial charge in [-0.25, -0.2) is 4.79 Å². The van der Waals surface area contributed by atoms with Crippen molar-refractivity contribution in [2.45, 2.75) is 79.8 Å². The zero-order valence-corrected chi connectivity index (χ0v) is 16.3. The first-order valence-corrected chi connectivity index (χ1v) is 9.71. The topological polar surface area (TPSA) is 89.1 Å². The normalized spacial score (nSPS) is 11.7. The largest absolute Gasteiger partial charge is 0.780 e. The Morgan fingerprint density at radius 2 is 1.32 bits per heavy atom. The van der Waals surface area contributed by atoms with Crippen LogP contribution in [-0.2, 0) is 30.4 Å².